The fourth-order valence-electron chi connectivity index (χ4n) is 3.05. The summed E-state index contributed by atoms with van der Waals surface area (Å²) >= 11 is 0. The number of benzene rings is 1. The van der Waals surface area contributed by atoms with Gasteiger partial charge in [0.15, 0.2) is 0 Å². The molecule has 24 heavy (non-hydrogen) atoms. The molecule has 0 radical (unpaired) electrons. The molecule has 2 aromatic rings. The molecule has 1 aliphatic heterocycles. The number of aromatic amines is 1. The number of nitrogens with one attached hydrogen (secondary N) is 2. The lowest BCUT2D eigenvalue weighted by Gasteiger charge is -2.37. The number of carbonyl (C=O) groups is 1. The van der Waals surface area contributed by atoms with Gasteiger partial charge in [-0.2, -0.15) is 15.4 Å². The lowest BCUT2D eigenvalue weighted by atomic mass is 9.99. The van der Waals surface area contributed by atoms with Crippen molar-refractivity contribution in [3.63, 3.8) is 0 Å². The molecule has 0 saturated carbocycles. The third-order valence-electron chi connectivity index (χ3n) is 4.56. The maximum atomic E-state index is 12.8. The number of H-pyrrole nitrogens is 1. The Balaban J connectivity index is 1.60. The van der Waals surface area contributed by atoms with Crippen LogP contribution in [0.5, 0.6) is 0 Å². The van der Waals surface area contributed by atoms with Crippen LogP contribution in [0.1, 0.15) is 38.8 Å². The second kappa shape index (κ2) is 7.47. The number of aryl methyl sites for hydroxylation is 1. The van der Waals surface area contributed by atoms with E-state index < -0.39 is 0 Å². The van der Waals surface area contributed by atoms with Crippen LogP contribution in [0.3, 0.4) is 0 Å². The lowest BCUT2D eigenvalue weighted by molar-refractivity contribution is -0.118. The number of amides is 1. The number of para-hydroxylation sites is 2. The molecular weight excluding hydrogens is 302 g/mol. The summed E-state index contributed by atoms with van der Waals surface area (Å²) in [7, 11) is 0. The molecule has 6 heteroatoms. The van der Waals surface area contributed by atoms with Gasteiger partial charge in [-0.3, -0.25) is 4.79 Å². The van der Waals surface area contributed by atoms with Gasteiger partial charge in [-0.25, -0.2) is 0 Å². The fraction of sp³-hybridized carbons (Fsp3) is 0.500. The average molecular weight is 327 g/mol. The second-order valence-electron chi connectivity index (χ2n) is 6.68. The highest BCUT2D eigenvalue weighted by molar-refractivity contribution is 5.97. The number of nitrogens with zero attached hydrogens (tertiary/aromatic N) is 3. The highest BCUT2D eigenvalue weighted by Crippen LogP contribution is 2.32. The van der Waals surface area contributed by atoms with Crippen LogP contribution in [-0.2, 0) is 11.2 Å². The van der Waals surface area contributed by atoms with Crippen molar-refractivity contribution in [1.29, 1.82) is 0 Å². The highest BCUT2D eigenvalue weighted by Gasteiger charge is 2.28. The molecule has 0 aliphatic carbocycles. The van der Waals surface area contributed by atoms with Crippen LogP contribution in [0.25, 0.3) is 0 Å². The molecule has 0 saturated heterocycles. The summed E-state index contributed by atoms with van der Waals surface area (Å²) in [6.45, 7) is 5.11. The third kappa shape index (κ3) is 3.75. The van der Waals surface area contributed by atoms with Crippen molar-refractivity contribution in [1.82, 2.24) is 15.4 Å². The SMILES string of the molecule is CC(C)[C@H]1CN(C(=O)CCCCc2cn[nH]n2)c2ccccc2N1. The molecule has 6 nitrogen and oxygen atoms in total. The van der Waals surface area contributed by atoms with E-state index in [1.54, 1.807) is 6.20 Å². The Bertz CT molecular complexity index is 668. The lowest BCUT2D eigenvalue weighted by Crippen LogP contribution is -2.46. The van der Waals surface area contributed by atoms with E-state index in [0.717, 1.165) is 42.9 Å². The summed E-state index contributed by atoms with van der Waals surface area (Å²) in [4.78, 5) is 14.7. The summed E-state index contributed by atoms with van der Waals surface area (Å²) < 4.78 is 0. The monoisotopic (exact) mass is 327 g/mol. The van der Waals surface area contributed by atoms with Crippen LogP contribution in [0.15, 0.2) is 30.5 Å². The van der Waals surface area contributed by atoms with Crippen molar-refractivity contribution < 1.29 is 4.79 Å². The number of carbonyl (C=O) groups excluding carboxylic acids is 1. The number of hydrogen-bond acceptors (Lipinski definition) is 4. The average Bonchev–Trinajstić information content (AvgIpc) is 3.11. The molecule has 1 atom stereocenters. The molecule has 1 aromatic heterocycles. The zero-order chi connectivity index (χ0) is 16.9. The van der Waals surface area contributed by atoms with Crippen LogP contribution in [0.4, 0.5) is 11.4 Å². The van der Waals surface area contributed by atoms with Crippen molar-refractivity contribution in [3.05, 3.63) is 36.2 Å². The van der Waals surface area contributed by atoms with Gasteiger partial charge in [-0.1, -0.05) is 26.0 Å². The van der Waals surface area contributed by atoms with E-state index in [4.69, 9.17) is 0 Å². The standard InChI is InChI=1S/C18H25N5O/c1-13(2)16-12-23(17-9-5-4-8-15(17)20-16)18(24)10-6-3-7-14-11-19-22-21-14/h4-5,8-9,11,13,16,20H,3,6-7,10,12H2,1-2H3,(H,19,21,22)/t16-/m1/s1. The second-order valence-corrected chi connectivity index (χ2v) is 6.68. The van der Waals surface area contributed by atoms with E-state index in [-0.39, 0.29) is 5.91 Å². The van der Waals surface area contributed by atoms with Gasteiger partial charge < -0.3 is 10.2 Å². The number of unbranched alkanes of at least 4 members (excludes halogenated alkanes) is 1. The van der Waals surface area contributed by atoms with Crippen LogP contribution in [-0.4, -0.2) is 33.9 Å². The first kappa shape index (κ1) is 16.5. The normalized spacial score (nSPS) is 16.8. The smallest absolute Gasteiger partial charge is 0.227 e. The Kier molecular flexibility index (Phi) is 5.13. The Labute approximate surface area is 142 Å². The van der Waals surface area contributed by atoms with Gasteiger partial charge in [0.25, 0.3) is 0 Å². The fourth-order valence-corrected chi connectivity index (χ4v) is 3.05. The molecular formula is C18H25N5O. The first-order valence-electron chi connectivity index (χ1n) is 8.65. The molecule has 0 spiro atoms. The topological polar surface area (TPSA) is 73.9 Å². The molecule has 1 amide bonds. The molecule has 0 unspecified atom stereocenters. The summed E-state index contributed by atoms with van der Waals surface area (Å²) in [6.07, 6.45) is 4.97. The minimum Gasteiger partial charge on any atom is -0.379 e. The Morgan fingerprint density at radius 3 is 2.92 bits per heavy atom. The summed E-state index contributed by atoms with van der Waals surface area (Å²) in [5.74, 6) is 0.676. The molecule has 3 rings (SSSR count). The van der Waals surface area contributed by atoms with Crippen LogP contribution >= 0.6 is 0 Å². The number of aromatic nitrogens is 3. The molecule has 2 heterocycles. The van der Waals surface area contributed by atoms with Gasteiger partial charge in [0.2, 0.25) is 5.91 Å². The van der Waals surface area contributed by atoms with E-state index in [1.165, 1.54) is 0 Å². The molecule has 128 valence electrons. The Morgan fingerprint density at radius 1 is 1.33 bits per heavy atom. The molecule has 2 N–H and O–H groups in total. The first-order valence-corrected chi connectivity index (χ1v) is 8.65. The van der Waals surface area contributed by atoms with Gasteiger partial charge in [-0.15, -0.1) is 0 Å². The maximum Gasteiger partial charge on any atom is 0.227 e. The summed E-state index contributed by atoms with van der Waals surface area (Å²) in [6, 6.07) is 8.36. The zero-order valence-corrected chi connectivity index (χ0v) is 14.3. The third-order valence-corrected chi connectivity index (χ3v) is 4.56. The van der Waals surface area contributed by atoms with Gasteiger partial charge in [0.05, 0.1) is 23.3 Å². The van der Waals surface area contributed by atoms with E-state index >= 15 is 0 Å². The molecule has 0 fully saturated rings. The Morgan fingerprint density at radius 2 is 2.17 bits per heavy atom. The molecule has 1 aliphatic rings. The molecule has 0 bridgehead atoms. The van der Waals surface area contributed by atoms with Crippen LogP contribution in [0, 0.1) is 5.92 Å². The quantitative estimate of drug-likeness (QED) is 0.800. The number of anilines is 2. The summed E-state index contributed by atoms with van der Waals surface area (Å²) in [5.41, 5.74) is 3.00. The minimum absolute atomic E-state index is 0.203. The predicted octanol–water partition coefficient (Wildman–Crippen LogP) is 3.00. The van der Waals surface area contributed by atoms with Gasteiger partial charge in [-0.05, 0) is 37.3 Å². The maximum absolute atomic E-state index is 12.8. The largest absolute Gasteiger partial charge is 0.379 e. The van der Waals surface area contributed by atoms with Crippen molar-refractivity contribution in [2.24, 2.45) is 5.92 Å². The van der Waals surface area contributed by atoms with Crippen LogP contribution < -0.4 is 10.2 Å². The van der Waals surface area contributed by atoms with Crippen molar-refractivity contribution >= 4 is 17.3 Å². The Hall–Kier alpha value is -2.37. The van der Waals surface area contributed by atoms with Crippen LogP contribution in [0.2, 0.25) is 0 Å². The number of rotatable bonds is 6. The summed E-state index contributed by atoms with van der Waals surface area (Å²) in [5, 5.41) is 14.0. The van der Waals surface area contributed by atoms with E-state index in [0.29, 0.717) is 18.4 Å². The predicted molar refractivity (Wildman–Crippen MR) is 95.0 cm³/mol. The van der Waals surface area contributed by atoms with Gasteiger partial charge >= 0.3 is 0 Å². The van der Waals surface area contributed by atoms with E-state index in [9.17, 15) is 4.79 Å². The number of fused-ring (bicyclic) bond motifs is 1. The van der Waals surface area contributed by atoms with Crippen molar-refractivity contribution in [2.45, 2.75) is 45.6 Å². The first-order chi connectivity index (χ1) is 11.6. The van der Waals surface area contributed by atoms with E-state index in [2.05, 4.69) is 40.6 Å². The number of hydrogen-bond donors (Lipinski definition) is 2. The van der Waals surface area contributed by atoms with Gasteiger partial charge in [0.1, 0.15) is 0 Å². The van der Waals surface area contributed by atoms with Gasteiger partial charge in [0, 0.05) is 19.0 Å². The zero-order valence-electron chi connectivity index (χ0n) is 14.3. The van der Waals surface area contributed by atoms with E-state index in [1.807, 2.05) is 23.1 Å². The van der Waals surface area contributed by atoms with Crippen molar-refractivity contribution in [3.8, 4) is 0 Å². The highest BCUT2D eigenvalue weighted by atomic mass is 16.2. The minimum atomic E-state index is 0.203. The molecule has 1 aromatic carbocycles. The van der Waals surface area contributed by atoms with Crippen molar-refractivity contribution in [2.75, 3.05) is 16.8 Å².